The quantitative estimate of drug-likeness (QED) is 0.558. The summed E-state index contributed by atoms with van der Waals surface area (Å²) in [5.74, 6) is 0.466. The molecule has 0 spiro atoms. The zero-order valence-electron chi connectivity index (χ0n) is 12.5. The number of hydrogen-bond donors (Lipinski definition) is 1. The van der Waals surface area contributed by atoms with Crippen molar-refractivity contribution < 1.29 is 19.4 Å². The van der Waals surface area contributed by atoms with Crippen LogP contribution in [0.25, 0.3) is 0 Å². The summed E-state index contributed by atoms with van der Waals surface area (Å²) in [6, 6.07) is 5.43. The van der Waals surface area contributed by atoms with Crippen LogP contribution in [0.4, 0.5) is 0 Å². The molecule has 0 aliphatic rings. The predicted octanol–water partition coefficient (Wildman–Crippen LogP) is 2.75. The van der Waals surface area contributed by atoms with Crippen LogP contribution < -0.4 is 4.74 Å². The maximum absolute atomic E-state index is 11.5. The molecule has 1 aromatic carbocycles. The van der Waals surface area contributed by atoms with E-state index in [0.29, 0.717) is 17.9 Å². The number of unbranched alkanes of at least 4 members (excludes halogenated alkanes) is 1. The fraction of sp³-hybridized carbons (Fsp3) is 0.562. The normalized spacial score (nSPS) is 12.2. The zero-order chi connectivity index (χ0) is 15.0. The molecule has 0 fully saturated rings. The van der Waals surface area contributed by atoms with Gasteiger partial charge < -0.3 is 14.6 Å². The Bertz CT molecular complexity index is 428. The molecule has 0 heterocycles. The average molecular weight is 280 g/mol. The van der Waals surface area contributed by atoms with Gasteiger partial charge in [-0.1, -0.05) is 25.0 Å². The van der Waals surface area contributed by atoms with Gasteiger partial charge in [-0.15, -0.1) is 0 Å². The molecule has 0 bridgehead atoms. The molecule has 0 aliphatic carbocycles. The first kappa shape index (κ1) is 16.7. The van der Waals surface area contributed by atoms with Gasteiger partial charge in [0.1, 0.15) is 18.5 Å². The third-order valence-corrected chi connectivity index (χ3v) is 2.90. The molecular weight excluding hydrogens is 256 g/mol. The SMILES string of the molecule is CCCCOCC(O)COc1ccc(C)cc1C(C)=O. The van der Waals surface area contributed by atoms with E-state index in [9.17, 15) is 9.90 Å². The van der Waals surface area contributed by atoms with E-state index in [1.54, 1.807) is 12.1 Å². The minimum absolute atomic E-state index is 0.0441. The van der Waals surface area contributed by atoms with E-state index < -0.39 is 6.10 Å². The van der Waals surface area contributed by atoms with E-state index in [1.165, 1.54) is 6.92 Å². The van der Waals surface area contributed by atoms with Crippen molar-refractivity contribution in [1.82, 2.24) is 0 Å². The number of ether oxygens (including phenoxy) is 2. The van der Waals surface area contributed by atoms with Crippen molar-refractivity contribution in [2.75, 3.05) is 19.8 Å². The molecule has 1 atom stereocenters. The Hall–Kier alpha value is -1.39. The van der Waals surface area contributed by atoms with Gasteiger partial charge in [0.15, 0.2) is 5.78 Å². The predicted molar refractivity (Wildman–Crippen MR) is 78.4 cm³/mol. The first-order valence-electron chi connectivity index (χ1n) is 7.04. The second kappa shape index (κ2) is 8.72. The van der Waals surface area contributed by atoms with Crippen LogP contribution in [-0.4, -0.2) is 36.8 Å². The van der Waals surface area contributed by atoms with E-state index in [4.69, 9.17) is 9.47 Å². The number of carbonyl (C=O) groups excluding carboxylic acids is 1. The van der Waals surface area contributed by atoms with Crippen LogP contribution >= 0.6 is 0 Å². The van der Waals surface area contributed by atoms with E-state index in [0.717, 1.165) is 18.4 Å². The van der Waals surface area contributed by atoms with Crippen molar-refractivity contribution >= 4 is 5.78 Å². The van der Waals surface area contributed by atoms with Gasteiger partial charge in [0.2, 0.25) is 0 Å². The Morgan fingerprint density at radius 3 is 2.75 bits per heavy atom. The molecule has 4 nitrogen and oxygen atoms in total. The van der Waals surface area contributed by atoms with Gasteiger partial charge in [0.05, 0.1) is 12.2 Å². The lowest BCUT2D eigenvalue weighted by Crippen LogP contribution is -2.24. The van der Waals surface area contributed by atoms with Crippen LogP contribution in [0.15, 0.2) is 18.2 Å². The van der Waals surface area contributed by atoms with Crippen molar-refractivity contribution in [1.29, 1.82) is 0 Å². The molecule has 0 aliphatic heterocycles. The lowest BCUT2D eigenvalue weighted by molar-refractivity contribution is 0.0111. The van der Waals surface area contributed by atoms with Gasteiger partial charge in [-0.2, -0.15) is 0 Å². The smallest absolute Gasteiger partial charge is 0.163 e. The van der Waals surface area contributed by atoms with Crippen molar-refractivity contribution in [3.05, 3.63) is 29.3 Å². The molecule has 1 aromatic rings. The standard InChI is InChI=1S/C16H24O4/c1-4-5-8-19-10-14(18)11-20-16-7-6-12(2)9-15(16)13(3)17/h6-7,9,14,18H,4-5,8,10-11H2,1-3H3. The lowest BCUT2D eigenvalue weighted by Gasteiger charge is -2.14. The number of rotatable bonds is 9. The molecule has 4 heteroatoms. The molecular formula is C16H24O4. The number of hydrogen-bond acceptors (Lipinski definition) is 4. The highest BCUT2D eigenvalue weighted by Crippen LogP contribution is 2.20. The van der Waals surface area contributed by atoms with Crippen LogP contribution in [0.5, 0.6) is 5.75 Å². The summed E-state index contributed by atoms with van der Waals surface area (Å²) in [5.41, 5.74) is 1.55. The molecule has 0 saturated heterocycles. The third-order valence-electron chi connectivity index (χ3n) is 2.90. The van der Waals surface area contributed by atoms with Crippen LogP contribution in [-0.2, 0) is 4.74 Å². The largest absolute Gasteiger partial charge is 0.490 e. The molecule has 0 saturated carbocycles. The molecule has 0 amide bonds. The van der Waals surface area contributed by atoms with E-state index >= 15 is 0 Å². The Balaban J connectivity index is 2.46. The van der Waals surface area contributed by atoms with Crippen molar-refractivity contribution in [2.24, 2.45) is 0 Å². The Morgan fingerprint density at radius 1 is 1.35 bits per heavy atom. The van der Waals surface area contributed by atoms with Gasteiger partial charge in [0.25, 0.3) is 0 Å². The third kappa shape index (κ3) is 5.72. The van der Waals surface area contributed by atoms with E-state index in [2.05, 4.69) is 6.92 Å². The second-order valence-corrected chi connectivity index (χ2v) is 4.95. The van der Waals surface area contributed by atoms with Crippen LogP contribution in [0.3, 0.4) is 0 Å². The highest BCUT2D eigenvalue weighted by Gasteiger charge is 2.11. The van der Waals surface area contributed by atoms with E-state index in [-0.39, 0.29) is 19.0 Å². The zero-order valence-corrected chi connectivity index (χ0v) is 12.5. The number of ketones is 1. The lowest BCUT2D eigenvalue weighted by atomic mass is 10.1. The van der Waals surface area contributed by atoms with Gasteiger partial charge in [-0.05, 0) is 32.4 Å². The molecule has 1 rings (SSSR count). The summed E-state index contributed by atoms with van der Waals surface area (Å²) < 4.78 is 10.8. The molecule has 1 N–H and O–H groups in total. The van der Waals surface area contributed by atoms with Crippen molar-refractivity contribution in [3.8, 4) is 5.75 Å². The number of aryl methyl sites for hydroxylation is 1. The molecule has 1 unspecified atom stereocenters. The van der Waals surface area contributed by atoms with Crippen LogP contribution in [0.2, 0.25) is 0 Å². The minimum Gasteiger partial charge on any atom is -0.490 e. The first-order valence-corrected chi connectivity index (χ1v) is 7.04. The topological polar surface area (TPSA) is 55.8 Å². The Morgan fingerprint density at radius 2 is 2.10 bits per heavy atom. The Kier molecular flexibility index (Phi) is 7.26. The highest BCUT2D eigenvalue weighted by molar-refractivity contribution is 5.97. The highest BCUT2D eigenvalue weighted by atomic mass is 16.5. The van der Waals surface area contributed by atoms with Gasteiger partial charge >= 0.3 is 0 Å². The Labute approximate surface area is 120 Å². The maximum atomic E-state index is 11.5. The summed E-state index contributed by atoms with van der Waals surface area (Å²) in [7, 11) is 0. The fourth-order valence-corrected chi connectivity index (χ4v) is 1.74. The van der Waals surface area contributed by atoms with Crippen LogP contribution in [0, 0.1) is 6.92 Å². The summed E-state index contributed by atoms with van der Waals surface area (Å²) in [5, 5.41) is 9.76. The molecule has 0 radical (unpaired) electrons. The van der Waals surface area contributed by atoms with Crippen molar-refractivity contribution in [3.63, 3.8) is 0 Å². The van der Waals surface area contributed by atoms with E-state index in [1.807, 2.05) is 13.0 Å². The van der Waals surface area contributed by atoms with Crippen LogP contribution in [0.1, 0.15) is 42.6 Å². The number of carbonyl (C=O) groups is 1. The summed E-state index contributed by atoms with van der Waals surface area (Å²) in [6.45, 7) is 6.54. The number of benzene rings is 1. The molecule has 20 heavy (non-hydrogen) atoms. The number of Topliss-reactive ketones (excluding diaryl/α,β-unsaturated/α-hetero) is 1. The number of aliphatic hydroxyl groups excluding tert-OH is 1. The maximum Gasteiger partial charge on any atom is 0.163 e. The van der Waals surface area contributed by atoms with Crippen molar-refractivity contribution in [2.45, 2.75) is 39.7 Å². The first-order chi connectivity index (χ1) is 9.54. The average Bonchev–Trinajstić information content (AvgIpc) is 2.42. The van der Waals surface area contributed by atoms with Gasteiger partial charge in [0, 0.05) is 6.61 Å². The van der Waals surface area contributed by atoms with Gasteiger partial charge in [-0.25, -0.2) is 0 Å². The molecule has 112 valence electrons. The summed E-state index contributed by atoms with van der Waals surface area (Å²) in [4.78, 5) is 11.5. The summed E-state index contributed by atoms with van der Waals surface area (Å²) in [6.07, 6.45) is 1.37. The monoisotopic (exact) mass is 280 g/mol. The number of aliphatic hydroxyl groups is 1. The molecule has 0 aromatic heterocycles. The van der Waals surface area contributed by atoms with Gasteiger partial charge in [-0.3, -0.25) is 4.79 Å². The summed E-state index contributed by atoms with van der Waals surface area (Å²) >= 11 is 0. The fourth-order valence-electron chi connectivity index (χ4n) is 1.74. The second-order valence-electron chi connectivity index (χ2n) is 4.95. The minimum atomic E-state index is -0.687.